The third-order valence-electron chi connectivity index (χ3n) is 4.36. The maximum absolute atomic E-state index is 12.9. The molecule has 5 heteroatoms. The highest BCUT2D eigenvalue weighted by Gasteiger charge is 2.21. The quantitative estimate of drug-likeness (QED) is 0.570. The number of aromatic nitrogens is 1. The molecule has 0 radical (unpaired) electrons. The fourth-order valence-corrected chi connectivity index (χ4v) is 2.90. The molecule has 1 aromatic heterocycles. The van der Waals surface area contributed by atoms with E-state index in [-0.39, 0.29) is 17.6 Å². The van der Waals surface area contributed by atoms with Crippen molar-refractivity contribution in [2.24, 2.45) is 0 Å². The van der Waals surface area contributed by atoms with Crippen LogP contribution in [-0.4, -0.2) is 24.0 Å². The molecule has 28 heavy (non-hydrogen) atoms. The van der Waals surface area contributed by atoms with E-state index in [1.807, 2.05) is 48.5 Å². The Morgan fingerprint density at radius 1 is 1.00 bits per heavy atom. The first kappa shape index (κ1) is 19.5. The first-order valence-electron chi connectivity index (χ1n) is 9.33. The second-order valence-corrected chi connectivity index (χ2v) is 6.44. The molecule has 1 heterocycles. The molecule has 1 amide bonds. The topological polar surface area (TPSA) is 51.2 Å². The average molecular weight is 378 g/mol. The van der Waals surface area contributed by atoms with Crippen LogP contribution in [0.4, 0.5) is 4.39 Å². The Morgan fingerprint density at radius 2 is 1.75 bits per heavy atom. The highest BCUT2D eigenvalue weighted by Crippen LogP contribution is 2.20. The van der Waals surface area contributed by atoms with Crippen molar-refractivity contribution < 1.29 is 13.9 Å². The number of carbonyl (C=O) groups excluding carboxylic acids is 1. The molecule has 0 aliphatic carbocycles. The van der Waals surface area contributed by atoms with Gasteiger partial charge in [-0.15, -0.1) is 0 Å². The van der Waals surface area contributed by atoms with Gasteiger partial charge in [0.05, 0.1) is 12.5 Å². The molecule has 2 aromatic carbocycles. The summed E-state index contributed by atoms with van der Waals surface area (Å²) < 4.78 is 18.4. The number of nitrogens with zero attached hydrogens (tertiary/aromatic N) is 1. The Labute approximate surface area is 164 Å². The second-order valence-electron chi connectivity index (χ2n) is 6.44. The maximum atomic E-state index is 12.9. The molecule has 0 saturated carbocycles. The zero-order valence-electron chi connectivity index (χ0n) is 15.6. The molecule has 0 aliphatic heterocycles. The van der Waals surface area contributed by atoms with Crippen LogP contribution >= 0.6 is 0 Å². The van der Waals surface area contributed by atoms with Gasteiger partial charge in [-0.1, -0.05) is 36.4 Å². The van der Waals surface area contributed by atoms with Gasteiger partial charge >= 0.3 is 0 Å². The van der Waals surface area contributed by atoms with Crippen molar-refractivity contribution in [1.29, 1.82) is 0 Å². The predicted octanol–water partition coefficient (Wildman–Crippen LogP) is 4.13. The number of ether oxygens (including phenoxy) is 1. The van der Waals surface area contributed by atoms with Gasteiger partial charge in [0.2, 0.25) is 5.91 Å². The second kappa shape index (κ2) is 10.2. The number of nitrogens with one attached hydrogen (secondary N) is 1. The van der Waals surface area contributed by atoms with Gasteiger partial charge < -0.3 is 10.1 Å². The summed E-state index contributed by atoms with van der Waals surface area (Å²) in [4.78, 5) is 17.1. The molecule has 0 aliphatic rings. The molecular weight excluding hydrogens is 355 g/mol. The molecule has 0 bridgehead atoms. The van der Waals surface area contributed by atoms with E-state index in [0.29, 0.717) is 31.7 Å². The van der Waals surface area contributed by atoms with Crippen molar-refractivity contribution in [2.75, 3.05) is 13.2 Å². The third kappa shape index (κ3) is 5.91. The summed E-state index contributed by atoms with van der Waals surface area (Å²) in [6.07, 6.45) is 2.94. The minimum absolute atomic E-state index is 0.0290. The van der Waals surface area contributed by atoms with E-state index in [9.17, 15) is 9.18 Å². The maximum Gasteiger partial charge on any atom is 0.227 e. The number of hydrogen-bond donors (Lipinski definition) is 1. The van der Waals surface area contributed by atoms with Gasteiger partial charge in [0.25, 0.3) is 0 Å². The molecule has 4 nitrogen and oxygen atoms in total. The van der Waals surface area contributed by atoms with Gasteiger partial charge in [0.15, 0.2) is 0 Å². The van der Waals surface area contributed by atoms with Crippen LogP contribution in [0.1, 0.15) is 23.6 Å². The molecular formula is C23H23FN2O2. The summed E-state index contributed by atoms with van der Waals surface area (Å²) in [7, 11) is 0. The van der Waals surface area contributed by atoms with E-state index in [1.54, 1.807) is 18.3 Å². The lowest BCUT2D eigenvalue weighted by Crippen LogP contribution is -2.32. The number of pyridine rings is 1. The first-order valence-corrected chi connectivity index (χ1v) is 9.33. The SMILES string of the molecule is O=C(NCCCOc1ccc(F)cc1)C(Cc1ccccn1)c1ccccc1. The smallest absolute Gasteiger partial charge is 0.227 e. The van der Waals surface area contributed by atoms with E-state index in [0.717, 1.165) is 11.3 Å². The van der Waals surface area contributed by atoms with Crippen molar-refractivity contribution in [3.63, 3.8) is 0 Å². The van der Waals surface area contributed by atoms with Crippen molar-refractivity contribution >= 4 is 5.91 Å². The molecule has 0 spiro atoms. The summed E-state index contributed by atoms with van der Waals surface area (Å²) >= 11 is 0. The third-order valence-corrected chi connectivity index (χ3v) is 4.36. The average Bonchev–Trinajstić information content (AvgIpc) is 2.74. The number of benzene rings is 2. The minimum Gasteiger partial charge on any atom is -0.494 e. The van der Waals surface area contributed by atoms with Gasteiger partial charge in [-0.2, -0.15) is 0 Å². The lowest BCUT2D eigenvalue weighted by Gasteiger charge is -2.17. The first-order chi connectivity index (χ1) is 13.7. The fourth-order valence-electron chi connectivity index (χ4n) is 2.90. The molecule has 3 aromatic rings. The normalized spacial score (nSPS) is 11.6. The van der Waals surface area contributed by atoms with E-state index in [4.69, 9.17) is 4.74 Å². The van der Waals surface area contributed by atoms with Crippen LogP contribution in [0.3, 0.4) is 0 Å². The van der Waals surface area contributed by atoms with Gasteiger partial charge in [-0.25, -0.2) is 4.39 Å². The van der Waals surface area contributed by atoms with E-state index in [2.05, 4.69) is 10.3 Å². The zero-order chi connectivity index (χ0) is 19.6. The fraction of sp³-hybridized carbons (Fsp3) is 0.217. The lowest BCUT2D eigenvalue weighted by molar-refractivity contribution is -0.122. The predicted molar refractivity (Wildman–Crippen MR) is 107 cm³/mol. The molecule has 1 atom stereocenters. The van der Waals surface area contributed by atoms with Crippen molar-refractivity contribution in [1.82, 2.24) is 10.3 Å². The highest BCUT2D eigenvalue weighted by molar-refractivity contribution is 5.83. The van der Waals surface area contributed by atoms with Gasteiger partial charge in [0.1, 0.15) is 11.6 Å². The number of rotatable bonds is 9. The van der Waals surface area contributed by atoms with Crippen molar-refractivity contribution in [3.05, 3.63) is 96.1 Å². The monoisotopic (exact) mass is 378 g/mol. The summed E-state index contributed by atoms with van der Waals surface area (Å²) in [5, 5.41) is 2.99. The van der Waals surface area contributed by atoms with Gasteiger partial charge in [-0.05, 0) is 48.4 Å². The zero-order valence-corrected chi connectivity index (χ0v) is 15.6. The van der Waals surface area contributed by atoms with Crippen LogP contribution in [0.25, 0.3) is 0 Å². The Kier molecular flexibility index (Phi) is 7.13. The number of carbonyl (C=O) groups is 1. The van der Waals surface area contributed by atoms with E-state index >= 15 is 0 Å². The number of halogens is 1. The van der Waals surface area contributed by atoms with Gasteiger partial charge in [0, 0.05) is 24.9 Å². The summed E-state index contributed by atoms with van der Waals surface area (Å²) in [6.45, 7) is 0.952. The molecule has 0 fully saturated rings. The van der Waals surface area contributed by atoms with Crippen LogP contribution in [-0.2, 0) is 11.2 Å². The Morgan fingerprint density at radius 3 is 2.46 bits per heavy atom. The van der Waals surface area contributed by atoms with Gasteiger partial charge in [-0.3, -0.25) is 9.78 Å². The summed E-state index contributed by atoms with van der Waals surface area (Å²) in [6, 6.07) is 21.4. The lowest BCUT2D eigenvalue weighted by atomic mass is 9.93. The van der Waals surface area contributed by atoms with Crippen molar-refractivity contribution in [2.45, 2.75) is 18.8 Å². The highest BCUT2D eigenvalue weighted by atomic mass is 19.1. The number of amides is 1. The van der Waals surface area contributed by atoms with E-state index < -0.39 is 0 Å². The number of hydrogen-bond acceptors (Lipinski definition) is 3. The molecule has 1 unspecified atom stereocenters. The minimum atomic E-state index is -0.297. The Balaban J connectivity index is 1.52. The van der Waals surface area contributed by atoms with Crippen LogP contribution in [0, 0.1) is 5.82 Å². The Hall–Kier alpha value is -3.21. The van der Waals surface area contributed by atoms with Crippen LogP contribution in [0.2, 0.25) is 0 Å². The molecule has 144 valence electrons. The summed E-state index contributed by atoms with van der Waals surface area (Å²) in [5.74, 6) is -0.00253. The van der Waals surface area contributed by atoms with Crippen LogP contribution in [0.5, 0.6) is 5.75 Å². The van der Waals surface area contributed by atoms with E-state index in [1.165, 1.54) is 12.1 Å². The largest absolute Gasteiger partial charge is 0.494 e. The van der Waals surface area contributed by atoms with Crippen LogP contribution < -0.4 is 10.1 Å². The molecule has 0 saturated heterocycles. The molecule has 1 N–H and O–H groups in total. The summed E-state index contributed by atoms with van der Waals surface area (Å²) in [5.41, 5.74) is 1.85. The van der Waals surface area contributed by atoms with Crippen molar-refractivity contribution in [3.8, 4) is 5.75 Å². The molecule has 3 rings (SSSR count). The standard InChI is InChI=1S/C23H23FN2O2/c24-19-10-12-21(13-11-19)28-16-6-15-26-23(27)22(18-7-2-1-3-8-18)17-20-9-4-5-14-25-20/h1-5,7-14,22H,6,15-17H2,(H,26,27). The van der Waals surface area contributed by atoms with Crippen LogP contribution in [0.15, 0.2) is 79.0 Å². The Bertz CT molecular complexity index is 855.